The van der Waals surface area contributed by atoms with E-state index in [-0.39, 0.29) is 0 Å². The van der Waals surface area contributed by atoms with Crippen molar-refractivity contribution in [2.24, 2.45) is 0 Å². The van der Waals surface area contributed by atoms with Gasteiger partial charge in [-0.05, 0) is 38.3 Å². The Kier molecular flexibility index (Phi) is 6.01. The summed E-state index contributed by atoms with van der Waals surface area (Å²) in [5, 5.41) is 9.64. The molecule has 0 radical (unpaired) electrons. The van der Waals surface area contributed by atoms with Crippen LogP contribution in [0, 0.1) is 6.92 Å². The maximum absolute atomic E-state index is 9.64. The third-order valence-electron chi connectivity index (χ3n) is 2.62. The fourth-order valence-electron chi connectivity index (χ4n) is 1.64. The summed E-state index contributed by atoms with van der Waals surface area (Å²) in [6, 6.07) is 5.88. The molecule has 17 heavy (non-hydrogen) atoms. The van der Waals surface area contributed by atoms with Gasteiger partial charge in [0.25, 0.3) is 0 Å². The zero-order valence-electron chi connectivity index (χ0n) is 10.9. The zero-order valence-corrected chi connectivity index (χ0v) is 10.9. The minimum absolute atomic E-state index is 0.496. The van der Waals surface area contributed by atoms with E-state index in [9.17, 15) is 5.11 Å². The lowest BCUT2D eigenvalue weighted by Crippen LogP contribution is -2.03. The van der Waals surface area contributed by atoms with Crippen LogP contribution in [0.15, 0.2) is 18.2 Å². The van der Waals surface area contributed by atoms with Crippen molar-refractivity contribution in [3.63, 3.8) is 0 Å². The standard InChI is InChI=1S/C14H22O3/c1-11-6-7-13(12(2)15)14(10-11)17-9-5-4-8-16-3/h6-7,10,12,15H,4-5,8-9H2,1-3H3. The van der Waals surface area contributed by atoms with Crippen molar-refractivity contribution in [3.05, 3.63) is 29.3 Å². The fourth-order valence-corrected chi connectivity index (χ4v) is 1.64. The number of aliphatic hydroxyl groups excluding tert-OH is 1. The summed E-state index contributed by atoms with van der Waals surface area (Å²) in [5.74, 6) is 0.789. The molecule has 0 aliphatic heterocycles. The Bertz CT molecular complexity index is 334. The molecular weight excluding hydrogens is 216 g/mol. The van der Waals surface area contributed by atoms with Gasteiger partial charge in [-0.2, -0.15) is 0 Å². The van der Waals surface area contributed by atoms with Crippen LogP contribution in [0.5, 0.6) is 5.75 Å². The number of aryl methyl sites for hydroxylation is 1. The van der Waals surface area contributed by atoms with E-state index in [0.29, 0.717) is 6.61 Å². The Labute approximate surface area is 103 Å². The molecule has 0 aliphatic rings. The molecule has 0 heterocycles. The van der Waals surface area contributed by atoms with Crippen molar-refractivity contribution in [2.75, 3.05) is 20.3 Å². The molecule has 1 aromatic carbocycles. The molecule has 1 aromatic rings. The van der Waals surface area contributed by atoms with Crippen LogP contribution in [-0.4, -0.2) is 25.4 Å². The Balaban J connectivity index is 2.53. The molecule has 1 unspecified atom stereocenters. The Morgan fingerprint density at radius 1 is 1.24 bits per heavy atom. The number of benzene rings is 1. The molecule has 0 saturated heterocycles. The summed E-state index contributed by atoms with van der Waals surface area (Å²) in [5.41, 5.74) is 1.99. The van der Waals surface area contributed by atoms with Gasteiger partial charge in [-0.15, -0.1) is 0 Å². The van der Waals surface area contributed by atoms with Crippen molar-refractivity contribution in [2.45, 2.75) is 32.8 Å². The van der Waals surface area contributed by atoms with Crippen LogP contribution >= 0.6 is 0 Å². The van der Waals surface area contributed by atoms with E-state index in [1.165, 1.54) is 0 Å². The molecular formula is C14H22O3. The van der Waals surface area contributed by atoms with Crippen LogP contribution in [0.3, 0.4) is 0 Å². The van der Waals surface area contributed by atoms with Crippen LogP contribution in [-0.2, 0) is 4.74 Å². The number of hydrogen-bond acceptors (Lipinski definition) is 3. The lowest BCUT2D eigenvalue weighted by molar-refractivity contribution is 0.178. The van der Waals surface area contributed by atoms with Crippen molar-refractivity contribution in [3.8, 4) is 5.75 Å². The monoisotopic (exact) mass is 238 g/mol. The maximum atomic E-state index is 9.64. The van der Waals surface area contributed by atoms with E-state index >= 15 is 0 Å². The fraction of sp³-hybridized carbons (Fsp3) is 0.571. The predicted octanol–water partition coefficient (Wildman–Crippen LogP) is 2.85. The first-order chi connectivity index (χ1) is 8.15. The molecule has 0 aliphatic carbocycles. The van der Waals surface area contributed by atoms with E-state index < -0.39 is 6.10 Å². The van der Waals surface area contributed by atoms with Crippen LogP contribution in [0.2, 0.25) is 0 Å². The summed E-state index contributed by atoms with van der Waals surface area (Å²) < 4.78 is 10.7. The number of unbranched alkanes of at least 4 members (excludes halogenated alkanes) is 1. The summed E-state index contributed by atoms with van der Waals surface area (Å²) >= 11 is 0. The summed E-state index contributed by atoms with van der Waals surface area (Å²) in [4.78, 5) is 0. The first-order valence-electron chi connectivity index (χ1n) is 6.05. The van der Waals surface area contributed by atoms with Gasteiger partial charge in [0.1, 0.15) is 5.75 Å². The normalized spacial score (nSPS) is 12.5. The minimum atomic E-state index is -0.496. The van der Waals surface area contributed by atoms with Gasteiger partial charge in [0.15, 0.2) is 0 Å². The van der Waals surface area contributed by atoms with E-state index in [1.54, 1.807) is 14.0 Å². The molecule has 3 heteroatoms. The Hall–Kier alpha value is -1.06. The average molecular weight is 238 g/mol. The highest BCUT2D eigenvalue weighted by atomic mass is 16.5. The molecule has 0 bridgehead atoms. The van der Waals surface area contributed by atoms with Crippen molar-refractivity contribution >= 4 is 0 Å². The smallest absolute Gasteiger partial charge is 0.125 e. The van der Waals surface area contributed by atoms with Gasteiger partial charge in [0, 0.05) is 19.3 Å². The highest BCUT2D eigenvalue weighted by Crippen LogP contribution is 2.26. The van der Waals surface area contributed by atoms with Gasteiger partial charge >= 0.3 is 0 Å². The van der Waals surface area contributed by atoms with Crippen LogP contribution in [0.4, 0.5) is 0 Å². The highest BCUT2D eigenvalue weighted by Gasteiger charge is 2.08. The average Bonchev–Trinajstić information content (AvgIpc) is 2.28. The third-order valence-corrected chi connectivity index (χ3v) is 2.62. The molecule has 1 rings (SSSR count). The first kappa shape index (κ1) is 14.0. The largest absolute Gasteiger partial charge is 0.493 e. The first-order valence-corrected chi connectivity index (χ1v) is 6.05. The lowest BCUT2D eigenvalue weighted by Gasteiger charge is -2.14. The number of methoxy groups -OCH3 is 1. The molecule has 0 aromatic heterocycles. The molecule has 96 valence electrons. The molecule has 0 saturated carbocycles. The number of ether oxygens (including phenoxy) is 2. The maximum Gasteiger partial charge on any atom is 0.125 e. The van der Waals surface area contributed by atoms with Crippen molar-refractivity contribution in [1.29, 1.82) is 0 Å². The number of hydrogen-bond donors (Lipinski definition) is 1. The second-order valence-electron chi connectivity index (χ2n) is 4.27. The van der Waals surface area contributed by atoms with Gasteiger partial charge in [-0.3, -0.25) is 0 Å². The molecule has 0 spiro atoms. The molecule has 1 atom stereocenters. The van der Waals surface area contributed by atoms with E-state index in [0.717, 1.165) is 36.3 Å². The predicted molar refractivity (Wildman–Crippen MR) is 68.4 cm³/mol. The number of aliphatic hydroxyl groups is 1. The minimum Gasteiger partial charge on any atom is -0.493 e. The van der Waals surface area contributed by atoms with Crippen molar-refractivity contribution in [1.82, 2.24) is 0 Å². The van der Waals surface area contributed by atoms with Gasteiger partial charge < -0.3 is 14.6 Å². The van der Waals surface area contributed by atoms with E-state index in [1.807, 2.05) is 25.1 Å². The molecule has 0 fully saturated rings. The lowest BCUT2D eigenvalue weighted by atomic mass is 10.1. The second-order valence-corrected chi connectivity index (χ2v) is 4.27. The Morgan fingerprint density at radius 2 is 1.94 bits per heavy atom. The SMILES string of the molecule is COCCCCOc1cc(C)ccc1C(C)O. The van der Waals surface area contributed by atoms with Crippen LogP contribution < -0.4 is 4.74 Å². The highest BCUT2D eigenvalue weighted by molar-refractivity contribution is 5.38. The quantitative estimate of drug-likeness (QED) is 0.742. The number of rotatable bonds is 7. The third kappa shape index (κ3) is 4.75. The summed E-state index contributed by atoms with van der Waals surface area (Å²) in [6.07, 6.45) is 1.46. The van der Waals surface area contributed by atoms with Crippen molar-refractivity contribution < 1.29 is 14.6 Å². The van der Waals surface area contributed by atoms with E-state index in [4.69, 9.17) is 9.47 Å². The van der Waals surface area contributed by atoms with Gasteiger partial charge in [0.2, 0.25) is 0 Å². The molecule has 1 N–H and O–H groups in total. The topological polar surface area (TPSA) is 38.7 Å². The summed E-state index contributed by atoms with van der Waals surface area (Å²) in [7, 11) is 1.70. The van der Waals surface area contributed by atoms with Gasteiger partial charge in [0.05, 0.1) is 12.7 Å². The zero-order chi connectivity index (χ0) is 12.7. The van der Waals surface area contributed by atoms with E-state index in [2.05, 4.69) is 0 Å². The van der Waals surface area contributed by atoms with Crippen LogP contribution in [0.1, 0.15) is 37.0 Å². The molecule has 3 nitrogen and oxygen atoms in total. The Morgan fingerprint density at radius 3 is 2.59 bits per heavy atom. The van der Waals surface area contributed by atoms with Gasteiger partial charge in [-0.1, -0.05) is 12.1 Å². The summed E-state index contributed by atoms with van der Waals surface area (Å²) in [6.45, 7) is 5.19. The van der Waals surface area contributed by atoms with Gasteiger partial charge in [-0.25, -0.2) is 0 Å². The van der Waals surface area contributed by atoms with Crippen LogP contribution in [0.25, 0.3) is 0 Å². The second kappa shape index (κ2) is 7.30. The molecule has 0 amide bonds.